The maximum absolute atomic E-state index is 4.42. The fourth-order valence-electron chi connectivity index (χ4n) is 1.36. The Labute approximate surface area is 77.6 Å². The van der Waals surface area contributed by atoms with Gasteiger partial charge in [0.2, 0.25) is 0 Å². The van der Waals surface area contributed by atoms with Crippen LogP contribution in [0.15, 0.2) is 24.4 Å². The molecule has 0 aliphatic rings. The van der Waals surface area contributed by atoms with Crippen LogP contribution in [0.5, 0.6) is 0 Å². The van der Waals surface area contributed by atoms with E-state index in [1.807, 2.05) is 12.3 Å². The Morgan fingerprint density at radius 3 is 2.92 bits per heavy atom. The standard InChI is InChI=1S/C11H12N2/c1-3-11-12-7-9-6-8(2)4-5-10(9)13-11/h4-7H,3H2,1-2H3. The zero-order valence-electron chi connectivity index (χ0n) is 7.91. The average Bonchev–Trinajstić information content (AvgIpc) is 2.17. The van der Waals surface area contributed by atoms with Crippen molar-refractivity contribution in [3.63, 3.8) is 0 Å². The molecule has 2 nitrogen and oxygen atoms in total. The Kier molecular flexibility index (Phi) is 1.97. The highest BCUT2D eigenvalue weighted by atomic mass is 14.9. The summed E-state index contributed by atoms with van der Waals surface area (Å²) < 4.78 is 0. The molecule has 0 radical (unpaired) electrons. The van der Waals surface area contributed by atoms with Crippen LogP contribution in [0.2, 0.25) is 0 Å². The minimum atomic E-state index is 0.893. The second-order valence-electron chi connectivity index (χ2n) is 3.20. The molecule has 0 saturated carbocycles. The number of aryl methyl sites for hydroxylation is 2. The highest BCUT2D eigenvalue weighted by Crippen LogP contribution is 2.12. The summed E-state index contributed by atoms with van der Waals surface area (Å²) in [6.45, 7) is 4.14. The normalized spacial score (nSPS) is 10.6. The molecule has 0 saturated heterocycles. The van der Waals surface area contributed by atoms with Crippen molar-refractivity contribution in [3.8, 4) is 0 Å². The molecule has 0 N–H and O–H groups in total. The molecule has 2 aromatic rings. The van der Waals surface area contributed by atoms with Gasteiger partial charge in [0, 0.05) is 18.0 Å². The summed E-state index contributed by atoms with van der Waals surface area (Å²) in [7, 11) is 0. The van der Waals surface area contributed by atoms with Gasteiger partial charge in [-0.15, -0.1) is 0 Å². The first-order chi connectivity index (χ1) is 6.29. The predicted octanol–water partition coefficient (Wildman–Crippen LogP) is 2.50. The van der Waals surface area contributed by atoms with Gasteiger partial charge in [-0.3, -0.25) is 0 Å². The molecule has 1 aromatic heterocycles. The Hall–Kier alpha value is -1.44. The first-order valence-electron chi connectivity index (χ1n) is 4.52. The van der Waals surface area contributed by atoms with Crippen LogP contribution in [0.25, 0.3) is 10.9 Å². The number of fused-ring (bicyclic) bond motifs is 1. The third-order valence-electron chi connectivity index (χ3n) is 2.10. The van der Waals surface area contributed by atoms with Crippen LogP contribution >= 0.6 is 0 Å². The van der Waals surface area contributed by atoms with Crippen molar-refractivity contribution in [2.75, 3.05) is 0 Å². The van der Waals surface area contributed by atoms with Gasteiger partial charge in [0.25, 0.3) is 0 Å². The van der Waals surface area contributed by atoms with Crippen molar-refractivity contribution in [2.24, 2.45) is 0 Å². The Balaban J connectivity index is 2.66. The quantitative estimate of drug-likeness (QED) is 0.660. The first-order valence-corrected chi connectivity index (χ1v) is 4.52. The molecular weight excluding hydrogens is 160 g/mol. The molecule has 0 fully saturated rings. The van der Waals surface area contributed by atoms with Gasteiger partial charge in [0.1, 0.15) is 5.82 Å². The van der Waals surface area contributed by atoms with Crippen molar-refractivity contribution in [3.05, 3.63) is 35.8 Å². The summed E-state index contributed by atoms with van der Waals surface area (Å²) in [6.07, 6.45) is 2.79. The summed E-state index contributed by atoms with van der Waals surface area (Å²) in [5, 5.41) is 1.12. The van der Waals surface area contributed by atoms with Gasteiger partial charge >= 0.3 is 0 Å². The minimum absolute atomic E-state index is 0.893. The monoisotopic (exact) mass is 172 g/mol. The second kappa shape index (κ2) is 3.13. The smallest absolute Gasteiger partial charge is 0.128 e. The summed E-state index contributed by atoms with van der Waals surface area (Å²) in [4.78, 5) is 8.68. The Bertz CT molecular complexity index is 435. The summed E-state index contributed by atoms with van der Waals surface area (Å²) in [5.74, 6) is 0.913. The van der Waals surface area contributed by atoms with Gasteiger partial charge in [-0.2, -0.15) is 0 Å². The second-order valence-corrected chi connectivity index (χ2v) is 3.20. The number of nitrogens with zero attached hydrogens (tertiary/aromatic N) is 2. The third kappa shape index (κ3) is 1.52. The average molecular weight is 172 g/mol. The van der Waals surface area contributed by atoms with Gasteiger partial charge in [-0.1, -0.05) is 18.6 Å². The van der Waals surface area contributed by atoms with Crippen molar-refractivity contribution < 1.29 is 0 Å². The van der Waals surface area contributed by atoms with Crippen molar-refractivity contribution >= 4 is 10.9 Å². The van der Waals surface area contributed by atoms with Crippen LogP contribution in [0.3, 0.4) is 0 Å². The van der Waals surface area contributed by atoms with Gasteiger partial charge < -0.3 is 0 Å². The minimum Gasteiger partial charge on any atom is -0.241 e. The molecule has 2 heteroatoms. The van der Waals surface area contributed by atoms with E-state index in [-0.39, 0.29) is 0 Å². The van der Waals surface area contributed by atoms with E-state index in [0.29, 0.717) is 0 Å². The molecule has 0 amide bonds. The lowest BCUT2D eigenvalue weighted by Gasteiger charge is -2.00. The molecule has 0 atom stereocenters. The molecule has 0 unspecified atom stereocenters. The highest BCUT2D eigenvalue weighted by molar-refractivity contribution is 5.78. The Morgan fingerprint density at radius 1 is 1.31 bits per heavy atom. The van der Waals surface area contributed by atoms with E-state index in [9.17, 15) is 0 Å². The highest BCUT2D eigenvalue weighted by Gasteiger charge is 1.97. The maximum atomic E-state index is 4.42. The van der Waals surface area contributed by atoms with Gasteiger partial charge in [0.15, 0.2) is 0 Å². The van der Waals surface area contributed by atoms with E-state index >= 15 is 0 Å². The van der Waals surface area contributed by atoms with Crippen molar-refractivity contribution in [1.82, 2.24) is 9.97 Å². The first kappa shape index (κ1) is 8.17. The van der Waals surface area contributed by atoms with E-state index in [0.717, 1.165) is 23.1 Å². The van der Waals surface area contributed by atoms with Gasteiger partial charge in [-0.05, 0) is 19.1 Å². The van der Waals surface area contributed by atoms with Crippen LogP contribution < -0.4 is 0 Å². The lowest BCUT2D eigenvalue weighted by atomic mass is 10.2. The molecule has 2 rings (SSSR count). The number of aromatic nitrogens is 2. The van der Waals surface area contributed by atoms with Crippen LogP contribution in [-0.4, -0.2) is 9.97 Å². The van der Waals surface area contributed by atoms with Crippen LogP contribution in [0.4, 0.5) is 0 Å². The zero-order valence-corrected chi connectivity index (χ0v) is 7.91. The lowest BCUT2D eigenvalue weighted by molar-refractivity contribution is 0.961. The zero-order chi connectivity index (χ0) is 9.26. The fourth-order valence-corrected chi connectivity index (χ4v) is 1.36. The summed E-state index contributed by atoms with van der Waals surface area (Å²) in [6, 6.07) is 6.23. The summed E-state index contributed by atoms with van der Waals surface area (Å²) in [5.41, 5.74) is 2.29. The molecule has 13 heavy (non-hydrogen) atoms. The molecule has 0 aliphatic carbocycles. The van der Waals surface area contributed by atoms with E-state index in [1.165, 1.54) is 5.56 Å². The summed E-state index contributed by atoms with van der Waals surface area (Å²) >= 11 is 0. The third-order valence-corrected chi connectivity index (χ3v) is 2.10. The topological polar surface area (TPSA) is 25.8 Å². The van der Waals surface area contributed by atoms with E-state index in [1.54, 1.807) is 0 Å². The molecule has 1 heterocycles. The lowest BCUT2D eigenvalue weighted by Crippen LogP contribution is -1.92. The molecule has 0 aliphatic heterocycles. The van der Waals surface area contributed by atoms with Crippen LogP contribution in [0.1, 0.15) is 18.3 Å². The van der Waals surface area contributed by atoms with E-state index in [2.05, 4.69) is 35.9 Å². The number of rotatable bonds is 1. The van der Waals surface area contributed by atoms with Crippen molar-refractivity contribution in [2.45, 2.75) is 20.3 Å². The fraction of sp³-hybridized carbons (Fsp3) is 0.273. The predicted molar refractivity (Wildman–Crippen MR) is 53.7 cm³/mol. The van der Waals surface area contributed by atoms with E-state index < -0.39 is 0 Å². The van der Waals surface area contributed by atoms with Gasteiger partial charge in [0.05, 0.1) is 5.52 Å². The SMILES string of the molecule is CCc1ncc2cc(C)ccc2n1. The van der Waals surface area contributed by atoms with E-state index in [4.69, 9.17) is 0 Å². The Morgan fingerprint density at radius 2 is 2.15 bits per heavy atom. The molecule has 66 valence electrons. The van der Waals surface area contributed by atoms with Crippen LogP contribution in [-0.2, 0) is 6.42 Å². The number of benzene rings is 1. The van der Waals surface area contributed by atoms with Gasteiger partial charge in [-0.25, -0.2) is 9.97 Å². The largest absolute Gasteiger partial charge is 0.241 e. The number of hydrogen-bond acceptors (Lipinski definition) is 2. The number of hydrogen-bond donors (Lipinski definition) is 0. The molecule has 0 bridgehead atoms. The van der Waals surface area contributed by atoms with Crippen LogP contribution in [0, 0.1) is 6.92 Å². The maximum Gasteiger partial charge on any atom is 0.128 e. The van der Waals surface area contributed by atoms with Crippen molar-refractivity contribution in [1.29, 1.82) is 0 Å². The molecular formula is C11H12N2. The molecule has 1 aromatic carbocycles. The molecule has 0 spiro atoms.